The van der Waals surface area contributed by atoms with Crippen LogP contribution in [0.5, 0.6) is 5.88 Å². The molecule has 0 radical (unpaired) electrons. The Hall–Kier alpha value is -4.27. The number of nitrogens with zero attached hydrogens (tertiary/aromatic N) is 5. The highest BCUT2D eigenvalue weighted by Crippen LogP contribution is 2.28. The van der Waals surface area contributed by atoms with E-state index in [1.54, 1.807) is 45.4 Å². The second-order valence-electron chi connectivity index (χ2n) is 7.21. The van der Waals surface area contributed by atoms with Crippen LogP contribution < -0.4 is 21.1 Å². The normalized spacial score (nSPS) is 10.8. The topological polar surface area (TPSA) is 90.4 Å². The van der Waals surface area contributed by atoms with Gasteiger partial charge in [0.1, 0.15) is 5.69 Å². The maximum Gasteiger partial charge on any atom is 0.338 e. The fourth-order valence-corrected chi connectivity index (χ4v) is 3.48. The first-order valence-electron chi connectivity index (χ1n) is 10.1. The number of ether oxygens (including phenoxy) is 1. The molecule has 0 saturated carbocycles. The molecule has 4 aromatic rings. The summed E-state index contributed by atoms with van der Waals surface area (Å²) >= 11 is 0. The number of fused-ring (bicyclic) bond motifs is 1. The zero-order chi connectivity index (χ0) is 22.8. The van der Waals surface area contributed by atoms with Gasteiger partial charge < -0.3 is 15.4 Å². The highest BCUT2D eigenvalue weighted by atomic mass is 16.5. The van der Waals surface area contributed by atoms with E-state index in [2.05, 4.69) is 33.9 Å². The van der Waals surface area contributed by atoms with Crippen LogP contribution in [0.3, 0.4) is 0 Å². The molecule has 164 valence electrons. The average Bonchev–Trinajstić information content (AvgIpc) is 3.39. The lowest BCUT2D eigenvalue weighted by atomic mass is 10.2. The van der Waals surface area contributed by atoms with E-state index in [-0.39, 0.29) is 5.69 Å². The van der Waals surface area contributed by atoms with Crippen LogP contribution >= 0.6 is 0 Å². The molecule has 2 N–H and O–H groups in total. The van der Waals surface area contributed by atoms with E-state index in [9.17, 15) is 4.79 Å². The Balaban J connectivity index is 1.89. The van der Waals surface area contributed by atoms with Crippen molar-refractivity contribution >= 4 is 22.7 Å². The first-order valence-corrected chi connectivity index (χ1v) is 10.1. The maximum absolute atomic E-state index is 13.5. The number of allylic oxidation sites excluding steroid dienone is 1. The van der Waals surface area contributed by atoms with E-state index in [1.165, 1.54) is 0 Å². The second-order valence-corrected chi connectivity index (χ2v) is 7.21. The highest BCUT2D eigenvalue weighted by Gasteiger charge is 2.17. The van der Waals surface area contributed by atoms with Crippen LogP contribution in [-0.2, 0) is 13.5 Å². The predicted octanol–water partition coefficient (Wildman–Crippen LogP) is 3.64. The van der Waals surface area contributed by atoms with E-state index in [0.29, 0.717) is 40.7 Å². The van der Waals surface area contributed by atoms with Gasteiger partial charge in [0.25, 0.3) is 5.88 Å². The predicted molar refractivity (Wildman–Crippen MR) is 126 cm³/mol. The van der Waals surface area contributed by atoms with Gasteiger partial charge in [0.15, 0.2) is 5.65 Å². The van der Waals surface area contributed by atoms with Crippen molar-refractivity contribution in [3.8, 4) is 11.6 Å². The summed E-state index contributed by atoms with van der Waals surface area (Å²) in [5, 5.41) is 10.8. The number of benzene rings is 1. The second kappa shape index (κ2) is 8.46. The van der Waals surface area contributed by atoms with Crippen molar-refractivity contribution in [2.75, 3.05) is 17.7 Å². The van der Waals surface area contributed by atoms with Gasteiger partial charge in [-0.25, -0.2) is 14.2 Å². The number of anilines is 3. The quantitative estimate of drug-likeness (QED) is 0.414. The van der Waals surface area contributed by atoms with Gasteiger partial charge in [-0.1, -0.05) is 26.1 Å². The Morgan fingerprint density at radius 1 is 1.28 bits per heavy atom. The molecular weight excluding hydrogens is 406 g/mol. The lowest BCUT2D eigenvalue weighted by Crippen LogP contribution is -2.26. The summed E-state index contributed by atoms with van der Waals surface area (Å²) in [6.07, 6.45) is 7.56. The highest BCUT2D eigenvalue weighted by molar-refractivity contribution is 5.75. The first kappa shape index (κ1) is 21.0. The van der Waals surface area contributed by atoms with Gasteiger partial charge >= 0.3 is 5.69 Å². The Labute approximate surface area is 185 Å². The summed E-state index contributed by atoms with van der Waals surface area (Å²) in [5.41, 5.74) is 4.60. The van der Waals surface area contributed by atoms with Gasteiger partial charge in [0.05, 0.1) is 24.7 Å². The summed E-state index contributed by atoms with van der Waals surface area (Å²) in [5.74, 6) is 0.444. The summed E-state index contributed by atoms with van der Waals surface area (Å²) in [6, 6.07) is 7.51. The minimum atomic E-state index is -0.210. The third-order valence-electron chi connectivity index (χ3n) is 5.03. The van der Waals surface area contributed by atoms with E-state index in [4.69, 9.17) is 4.74 Å². The molecule has 1 aromatic carbocycles. The molecule has 0 fully saturated rings. The standard InChI is InChI=1S/C23H25N7O2/c1-6-15(3)25-16-9-8-10-18(11-16)29-14-19(26-20-13-28(4)27-22(20)32-5)21-24-12-17(7-2)30(21)23(29)31/h6,8-14,25-26H,1,3,7H2,2,4-5H3. The molecule has 0 saturated heterocycles. The Kier molecular flexibility index (Phi) is 5.55. The molecule has 0 unspecified atom stereocenters. The van der Waals surface area contributed by atoms with E-state index < -0.39 is 0 Å². The lowest BCUT2D eigenvalue weighted by molar-refractivity contribution is 0.393. The summed E-state index contributed by atoms with van der Waals surface area (Å²) in [7, 11) is 3.37. The van der Waals surface area contributed by atoms with Gasteiger partial charge in [0.2, 0.25) is 0 Å². The fourth-order valence-electron chi connectivity index (χ4n) is 3.48. The van der Waals surface area contributed by atoms with Gasteiger partial charge in [-0.3, -0.25) is 9.25 Å². The molecule has 0 atom stereocenters. The zero-order valence-corrected chi connectivity index (χ0v) is 18.3. The van der Waals surface area contributed by atoms with E-state index in [1.807, 2.05) is 38.2 Å². The van der Waals surface area contributed by atoms with Crippen molar-refractivity contribution in [3.63, 3.8) is 0 Å². The van der Waals surface area contributed by atoms with Crippen molar-refractivity contribution in [2.24, 2.45) is 7.05 Å². The number of aryl methyl sites for hydroxylation is 2. The number of aromatic nitrogens is 5. The molecule has 3 heterocycles. The molecule has 3 aromatic heterocycles. The summed E-state index contributed by atoms with van der Waals surface area (Å²) in [6.45, 7) is 9.59. The molecular formula is C23H25N7O2. The van der Waals surface area contributed by atoms with Crippen molar-refractivity contribution in [2.45, 2.75) is 13.3 Å². The Morgan fingerprint density at radius 3 is 2.81 bits per heavy atom. The monoisotopic (exact) mass is 431 g/mol. The molecule has 0 aliphatic heterocycles. The SMILES string of the molecule is C=CC(=C)Nc1cccc(-n2cc(Nc3cn(C)nc3OC)c3ncc(CC)n3c2=O)c1. The van der Waals surface area contributed by atoms with Crippen LogP contribution in [0.2, 0.25) is 0 Å². The molecule has 0 aliphatic rings. The summed E-state index contributed by atoms with van der Waals surface area (Å²) in [4.78, 5) is 17.9. The number of hydrogen-bond donors (Lipinski definition) is 2. The van der Waals surface area contributed by atoms with E-state index in [0.717, 1.165) is 11.4 Å². The molecule has 4 rings (SSSR count). The molecule has 9 nitrogen and oxygen atoms in total. The fraction of sp³-hybridized carbons (Fsp3) is 0.174. The number of rotatable bonds is 8. The minimum Gasteiger partial charge on any atom is -0.478 e. The maximum atomic E-state index is 13.5. The van der Waals surface area contributed by atoms with Crippen molar-refractivity contribution in [3.05, 3.63) is 84.0 Å². The Morgan fingerprint density at radius 2 is 2.09 bits per heavy atom. The van der Waals surface area contributed by atoms with Crippen molar-refractivity contribution in [1.29, 1.82) is 0 Å². The Bertz CT molecular complexity index is 1380. The molecule has 0 spiro atoms. The van der Waals surface area contributed by atoms with Crippen LogP contribution in [0.15, 0.2) is 72.6 Å². The van der Waals surface area contributed by atoms with Crippen LogP contribution in [0.25, 0.3) is 11.3 Å². The van der Waals surface area contributed by atoms with Crippen LogP contribution in [-0.4, -0.2) is 30.8 Å². The number of methoxy groups -OCH3 is 1. The lowest BCUT2D eigenvalue weighted by Gasteiger charge is -2.14. The van der Waals surface area contributed by atoms with Crippen LogP contribution in [0.1, 0.15) is 12.6 Å². The molecule has 32 heavy (non-hydrogen) atoms. The van der Waals surface area contributed by atoms with Crippen molar-refractivity contribution in [1.82, 2.24) is 23.7 Å². The van der Waals surface area contributed by atoms with Gasteiger partial charge in [-0.15, -0.1) is 5.10 Å². The number of imidazole rings is 1. The third-order valence-corrected chi connectivity index (χ3v) is 5.03. The molecule has 0 bridgehead atoms. The van der Waals surface area contributed by atoms with Crippen LogP contribution in [0.4, 0.5) is 17.1 Å². The molecule has 0 amide bonds. The van der Waals surface area contributed by atoms with Crippen LogP contribution in [0, 0.1) is 0 Å². The van der Waals surface area contributed by atoms with Gasteiger partial charge in [-0.05, 0) is 30.7 Å². The number of hydrogen-bond acceptors (Lipinski definition) is 6. The van der Waals surface area contributed by atoms with Gasteiger partial charge in [0, 0.05) is 36.5 Å². The largest absolute Gasteiger partial charge is 0.478 e. The number of nitrogens with one attached hydrogen (secondary N) is 2. The van der Waals surface area contributed by atoms with E-state index >= 15 is 0 Å². The third kappa shape index (κ3) is 3.76. The molecule has 9 heteroatoms. The van der Waals surface area contributed by atoms with Gasteiger partial charge in [-0.2, -0.15) is 0 Å². The first-order chi connectivity index (χ1) is 15.4. The summed E-state index contributed by atoms with van der Waals surface area (Å²) < 4.78 is 10.2. The zero-order valence-electron chi connectivity index (χ0n) is 18.3. The average molecular weight is 432 g/mol. The minimum absolute atomic E-state index is 0.210. The smallest absolute Gasteiger partial charge is 0.338 e. The van der Waals surface area contributed by atoms with Crippen molar-refractivity contribution < 1.29 is 4.74 Å². The molecule has 0 aliphatic carbocycles.